The van der Waals surface area contributed by atoms with E-state index in [9.17, 15) is 0 Å². The maximum Gasteiger partial charge on any atom is 0.0110 e. The van der Waals surface area contributed by atoms with Crippen LogP contribution in [0.5, 0.6) is 0 Å². The summed E-state index contributed by atoms with van der Waals surface area (Å²) in [4.78, 5) is 0. The van der Waals surface area contributed by atoms with Gasteiger partial charge in [0.2, 0.25) is 0 Å². The van der Waals surface area contributed by atoms with Crippen molar-refractivity contribution in [3.8, 4) is 0 Å². The molecule has 1 aromatic carbocycles. The van der Waals surface area contributed by atoms with Gasteiger partial charge in [0.15, 0.2) is 0 Å². The van der Waals surface area contributed by atoms with Gasteiger partial charge in [-0.1, -0.05) is 36.2 Å². The Hall–Kier alpha value is -1.12. The monoisotopic (exact) mass is 287 g/mol. The summed E-state index contributed by atoms with van der Waals surface area (Å²) in [7, 11) is 0. The predicted molar refractivity (Wildman–Crippen MR) is 89.7 cm³/mol. The van der Waals surface area contributed by atoms with E-state index >= 15 is 0 Å². The number of hydrogen-bond donors (Lipinski definition) is 1. The first-order valence-electron chi connectivity index (χ1n) is 7.49. The maximum atomic E-state index is 3.64. The molecule has 0 fully saturated rings. The lowest BCUT2D eigenvalue weighted by molar-refractivity contribution is 0.491. The van der Waals surface area contributed by atoms with Crippen LogP contribution in [0.3, 0.4) is 0 Å². The molecule has 0 radical (unpaired) electrons. The molecule has 0 aliphatic carbocycles. The molecule has 0 saturated heterocycles. The zero-order chi connectivity index (χ0) is 14.4. The van der Waals surface area contributed by atoms with E-state index in [1.807, 2.05) is 0 Å². The number of rotatable bonds is 7. The van der Waals surface area contributed by atoms with Crippen molar-refractivity contribution in [2.45, 2.75) is 46.1 Å². The molecule has 2 aromatic rings. The van der Waals surface area contributed by atoms with Crippen molar-refractivity contribution < 1.29 is 0 Å². The van der Waals surface area contributed by atoms with Gasteiger partial charge in [-0.05, 0) is 67.6 Å². The quantitative estimate of drug-likeness (QED) is 0.789. The molecule has 0 aliphatic heterocycles. The van der Waals surface area contributed by atoms with Crippen molar-refractivity contribution in [2.75, 3.05) is 6.54 Å². The van der Waals surface area contributed by atoms with Gasteiger partial charge >= 0.3 is 0 Å². The Morgan fingerprint density at radius 3 is 2.45 bits per heavy atom. The van der Waals surface area contributed by atoms with E-state index in [2.05, 4.69) is 61.1 Å². The van der Waals surface area contributed by atoms with Crippen LogP contribution in [-0.2, 0) is 12.8 Å². The van der Waals surface area contributed by atoms with E-state index in [0.29, 0.717) is 6.04 Å². The molecule has 0 aliphatic rings. The molecule has 108 valence electrons. The molecule has 2 heteroatoms. The fraction of sp³-hybridized carbons (Fsp3) is 0.444. The van der Waals surface area contributed by atoms with E-state index in [-0.39, 0.29) is 0 Å². The highest BCUT2D eigenvalue weighted by atomic mass is 32.1. The smallest absolute Gasteiger partial charge is 0.0110 e. The van der Waals surface area contributed by atoms with E-state index in [1.165, 1.54) is 35.1 Å². The first-order chi connectivity index (χ1) is 9.67. The van der Waals surface area contributed by atoms with Gasteiger partial charge in [0.25, 0.3) is 0 Å². The van der Waals surface area contributed by atoms with Gasteiger partial charge in [-0.2, -0.15) is 11.3 Å². The van der Waals surface area contributed by atoms with Gasteiger partial charge in [0.1, 0.15) is 0 Å². The van der Waals surface area contributed by atoms with Crippen LogP contribution in [0.4, 0.5) is 0 Å². The summed E-state index contributed by atoms with van der Waals surface area (Å²) in [6.07, 6.45) is 3.50. The van der Waals surface area contributed by atoms with Crippen molar-refractivity contribution in [3.05, 3.63) is 57.3 Å². The third-order valence-corrected chi connectivity index (χ3v) is 4.35. The molecular formula is C18H25NS. The molecule has 1 heterocycles. The van der Waals surface area contributed by atoms with Crippen LogP contribution in [0.1, 0.15) is 35.6 Å². The Labute approximate surface area is 127 Å². The summed E-state index contributed by atoms with van der Waals surface area (Å²) in [5, 5.41) is 8.07. The number of thiophene rings is 1. The molecule has 0 spiro atoms. The Bertz CT molecular complexity index is 496. The van der Waals surface area contributed by atoms with E-state index < -0.39 is 0 Å². The topological polar surface area (TPSA) is 12.0 Å². The number of aryl methyl sites for hydroxylation is 3. The molecule has 1 aromatic heterocycles. The second-order valence-corrected chi connectivity index (χ2v) is 6.40. The van der Waals surface area contributed by atoms with Gasteiger partial charge in [-0.15, -0.1) is 0 Å². The number of hydrogen-bond acceptors (Lipinski definition) is 2. The fourth-order valence-electron chi connectivity index (χ4n) is 2.81. The third-order valence-electron chi connectivity index (χ3n) is 3.62. The minimum atomic E-state index is 0.570. The zero-order valence-electron chi connectivity index (χ0n) is 12.8. The first kappa shape index (κ1) is 15.3. The van der Waals surface area contributed by atoms with Crippen LogP contribution >= 0.6 is 11.3 Å². The van der Waals surface area contributed by atoms with Crippen LogP contribution in [0.25, 0.3) is 0 Å². The van der Waals surface area contributed by atoms with Crippen molar-refractivity contribution in [1.29, 1.82) is 0 Å². The summed E-state index contributed by atoms with van der Waals surface area (Å²) < 4.78 is 0. The van der Waals surface area contributed by atoms with Gasteiger partial charge in [-0.3, -0.25) is 0 Å². The highest BCUT2D eigenvalue weighted by Crippen LogP contribution is 2.15. The molecule has 1 atom stereocenters. The summed E-state index contributed by atoms with van der Waals surface area (Å²) >= 11 is 1.79. The van der Waals surface area contributed by atoms with Gasteiger partial charge in [0.05, 0.1) is 0 Å². The molecule has 1 N–H and O–H groups in total. The Kier molecular flexibility index (Phi) is 5.81. The normalized spacial score (nSPS) is 12.6. The van der Waals surface area contributed by atoms with Crippen molar-refractivity contribution >= 4 is 11.3 Å². The van der Waals surface area contributed by atoms with Crippen LogP contribution in [0, 0.1) is 13.8 Å². The molecule has 0 saturated carbocycles. The SMILES string of the molecule is CCNC(CCc1ccsc1)Cc1cc(C)cc(C)c1. The lowest BCUT2D eigenvalue weighted by Crippen LogP contribution is -2.31. The van der Waals surface area contributed by atoms with Crippen LogP contribution in [0.15, 0.2) is 35.0 Å². The predicted octanol–water partition coefficient (Wildman–Crippen LogP) is 4.52. The van der Waals surface area contributed by atoms with E-state index in [1.54, 1.807) is 11.3 Å². The van der Waals surface area contributed by atoms with Gasteiger partial charge < -0.3 is 5.32 Å². The molecule has 2 rings (SSSR count). The molecule has 0 amide bonds. The molecule has 20 heavy (non-hydrogen) atoms. The summed E-state index contributed by atoms with van der Waals surface area (Å²) in [5.74, 6) is 0. The highest BCUT2D eigenvalue weighted by Gasteiger charge is 2.09. The van der Waals surface area contributed by atoms with E-state index in [0.717, 1.165) is 13.0 Å². The Morgan fingerprint density at radius 1 is 1.10 bits per heavy atom. The Morgan fingerprint density at radius 2 is 1.85 bits per heavy atom. The molecule has 1 unspecified atom stereocenters. The molecule has 1 nitrogen and oxygen atoms in total. The number of benzene rings is 1. The maximum absolute atomic E-state index is 3.64. The van der Waals surface area contributed by atoms with Gasteiger partial charge in [0, 0.05) is 6.04 Å². The molecular weight excluding hydrogens is 262 g/mol. The standard InChI is InChI=1S/C18H25NS/c1-4-19-18(6-5-16-7-8-20-13-16)12-17-10-14(2)9-15(3)11-17/h7-11,13,18-19H,4-6,12H2,1-3H3. The van der Waals surface area contributed by atoms with Gasteiger partial charge in [-0.25, -0.2) is 0 Å². The van der Waals surface area contributed by atoms with Crippen LogP contribution in [0.2, 0.25) is 0 Å². The zero-order valence-corrected chi connectivity index (χ0v) is 13.6. The number of nitrogens with one attached hydrogen (secondary N) is 1. The fourth-order valence-corrected chi connectivity index (χ4v) is 3.52. The third kappa shape index (κ3) is 4.77. The number of likely N-dealkylation sites (N-methyl/N-ethyl adjacent to an activating group) is 1. The van der Waals surface area contributed by atoms with Crippen LogP contribution < -0.4 is 5.32 Å². The van der Waals surface area contributed by atoms with E-state index in [4.69, 9.17) is 0 Å². The minimum absolute atomic E-state index is 0.570. The first-order valence-corrected chi connectivity index (χ1v) is 8.43. The molecule has 0 bridgehead atoms. The average molecular weight is 287 g/mol. The lowest BCUT2D eigenvalue weighted by Gasteiger charge is -2.18. The second-order valence-electron chi connectivity index (χ2n) is 5.62. The van der Waals surface area contributed by atoms with Crippen LogP contribution in [-0.4, -0.2) is 12.6 Å². The summed E-state index contributed by atoms with van der Waals surface area (Å²) in [5.41, 5.74) is 5.67. The average Bonchev–Trinajstić information content (AvgIpc) is 2.88. The highest BCUT2D eigenvalue weighted by molar-refractivity contribution is 7.07. The lowest BCUT2D eigenvalue weighted by atomic mass is 9.97. The Balaban J connectivity index is 1.97. The second kappa shape index (κ2) is 7.61. The largest absolute Gasteiger partial charge is 0.314 e. The van der Waals surface area contributed by atoms with Crippen molar-refractivity contribution in [2.24, 2.45) is 0 Å². The van der Waals surface area contributed by atoms with Crippen molar-refractivity contribution in [1.82, 2.24) is 5.32 Å². The summed E-state index contributed by atoms with van der Waals surface area (Å²) in [6, 6.07) is 9.70. The summed E-state index contributed by atoms with van der Waals surface area (Å²) in [6.45, 7) is 7.60. The minimum Gasteiger partial charge on any atom is -0.314 e. The van der Waals surface area contributed by atoms with Crippen molar-refractivity contribution in [3.63, 3.8) is 0 Å².